The van der Waals surface area contributed by atoms with Crippen molar-refractivity contribution < 1.29 is 14.3 Å². The van der Waals surface area contributed by atoms with Crippen LogP contribution in [0.3, 0.4) is 0 Å². The molecule has 0 unspecified atom stereocenters. The van der Waals surface area contributed by atoms with E-state index < -0.39 is 5.60 Å². The normalized spacial score (nSPS) is 25.3. The van der Waals surface area contributed by atoms with Crippen molar-refractivity contribution in [2.24, 2.45) is 0 Å². The van der Waals surface area contributed by atoms with Crippen molar-refractivity contribution in [3.63, 3.8) is 0 Å². The van der Waals surface area contributed by atoms with E-state index in [0.29, 0.717) is 13.1 Å². The predicted octanol–water partition coefficient (Wildman–Crippen LogP) is 2.51. The molecule has 2 fully saturated rings. The molecule has 0 aliphatic carbocycles. The Hall–Kier alpha value is -1.59. The lowest BCUT2D eigenvalue weighted by atomic mass is 10.1. The number of amides is 1. The number of morpholine rings is 1. The first kappa shape index (κ1) is 16.3. The summed E-state index contributed by atoms with van der Waals surface area (Å²) in [4.78, 5) is 16.5. The lowest BCUT2D eigenvalue weighted by Crippen LogP contribution is -2.50. The standard InChI is InChI=1S/C18H26N2O3/c1-18(2,3)23-17(21)20-12-15-16(13-20)22-10-9-19(15)11-14-7-5-4-6-8-14/h4-8,15-16H,9-13H2,1-3H3/t15-,16+/m0/s1. The maximum Gasteiger partial charge on any atom is 0.410 e. The van der Waals surface area contributed by atoms with E-state index in [1.165, 1.54) is 5.56 Å². The van der Waals surface area contributed by atoms with Crippen LogP contribution in [0.2, 0.25) is 0 Å². The minimum absolute atomic E-state index is 0.0833. The number of hydrogen-bond donors (Lipinski definition) is 0. The summed E-state index contributed by atoms with van der Waals surface area (Å²) < 4.78 is 11.4. The summed E-state index contributed by atoms with van der Waals surface area (Å²) >= 11 is 0. The molecule has 2 aliphatic rings. The van der Waals surface area contributed by atoms with E-state index in [1.807, 2.05) is 26.8 Å². The van der Waals surface area contributed by atoms with E-state index in [1.54, 1.807) is 4.90 Å². The zero-order valence-electron chi connectivity index (χ0n) is 14.2. The molecular formula is C18H26N2O3. The second-order valence-electron chi connectivity index (χ2n) is 7.32. The van der Waals surface area contributed by atoms with Gasteiger partial charge in [-0.05, 0) is 26.3 Å². The Morgan fingerprint density at radius 2 is 2.00 bits per heavy atom. The molecule has 0 spiro atoms. The van der Waals surface area contributed by atoms with E-state index in [2.05, 4.69) is 29.2 Å². The summed E-state index contributed by atoms with van der Waals surface area (Å²) in [6.07, 6.45) is -0.157. The van der Waals surface area contributed by atoms with Crippen molar-refractivity contribution in [2.75, 3.05) is 26.2 Å². The summed E-state index contributed by atoms with van der Waals surface area (Å²) in [6.45, 7) is 9.49. The minimum Gasteiger partial charge on any atom is -0.444 e. The highest BCUT2D eigenvalue weighted by atomic mass is 16.6. The largest absolute Gasteiger partial charge is 0.444 e. The molecule has 1 aromatic rings. The van der Waals surface area contributed by atoms with E-state index in [9.17, 15) is 4.79 Å². The third-order valence-corrected chi connectivity index (χ3v) is 4.30. The summed E-state index contributed by atoms with van der Waals surface area (Å²) in [6, 6.07) is 10.7. The molecule has 126 valence electrons. The van der Waals surface area contributed by atoms with Crippen LogP contribution in [-0.4, -0.2) is 59.9 Å². The first-order valence-corrected chi connectivity index (χ1v) is 8.30. The molecule has 0 aromatic heterocycles. The number of likely N-dealkylation sites (tertiary alicyclic amines) is 1. The fourth-order valence-corrected chi connectivity index (χ4v) is 3.25. The molecule has 0 N–H and O–H groups in total. The number of nitrogens with zero attached hydrogens (tertiary/aromatic N) is 2. The maximum absolute atomic E-state index is 12.3. The van der Waals surface area contributed by atoms with E-state index >= 15 is 0 Å². The summed E-state index contributed by atoms with van der Waals surface area (Å²) in [5.74, 6) is 0. The van der Waals surface area contributed by atoms with Gasteiger partial charge in [0.15, 0.2) is 0 Å². The fraction of sp³-hybridized carbons (Fsp3) is 0.611. The molecule has 2 aliphatic heterocycles. The monoisotopic (exact) mass is 318 g/mol. The second kappa shape index (κ2) is 6.49. The van der Waals surface area contributed by atoms with Crippen molar-refractivity contribution in [1.82, 2.24) is 9.80 Å². The Kier molecular flexibility index (Phi) is 4.60. The maximum atomic E-state index is 12.3. The SMILES string of the molecule is CC(C)(C)OC(=O)N1C[C@H]2OCCN(Cc3ccccc3)[C@H]2C1. The van der Waals surface area contributed by atoms with E-state index in [-0.39, 0.29) is 18.2 Å². The van der Waals surface area contributed by atoms with Gasteiger partial charge in [0.2, 0.25) is 0 Å². The van der Waals surface area contributed by atoms with Gasteiger partial charge in [0.05, 0.1) is 25.3 Å². The first-order valence-electron chi connectivity index (χ1n) is 8.30. The van der Waals surface area contributed by atoms with Crippen LogP contribution >= 0.6 is 0 Å². The molecule has 3 rings (SSSR count). The van der Waals surface area contributed by atoms with Gasteiger partial charge in [-0.15, -0.1) is 0 Å². The third-order valence-electron chi connectivity index (χ3n) is 4.30. The van der Waals surface area contributed by atoms with Gasteiger partial charge in [-0.2, -0.15) is 0 Å². The van der Waals surface area contributed by atoms with Crippen molar-refractivity contribution in [3.8, 4) is 0 Å². The smallest absolute Gasteiger partial charge is 0.410 e. The Bertz CT molecular complexity index is 541. The van der Waals surface area contributed by atoms with Gasteiger partial charge in [-0.25, -0.2) is 4.79 Å². The second-order valence-corrected chi connectivity index (χ2v) is 7.32. The molecule has 0 saturated carbocycles. The molecule has 1 amide bonds. The average molecular weight is 318 g/mol. The molecule has 2 heterocycles. The third kappa shape index (κ3) is 4.03. The van der Waals surface area contributed by atoms with Gasteiger partial charge in [-0.1, -0.05) is 30.3 Å². The Labute approximate surface area is 138 Å². The Morgan fingerprint density at radius 3 is 2.70 bits per heavy atom. The van der Waals surface area contributed by atoms with Crippen LogP contribution in [-0.2, 0) is 16.0 Å². The molecule has 1 aromatic carbocycles. The number of carbonyl (C=O) groups is 1. The summed E-state index contributed by atoms with van der Waals surface area (Å²) in [5, 5.41) is 0. The topological polar surface area (TPSA) is 42.0 Å². The van der Waals surface area contributed by atoms with E-state index in [0.717, 1.165) is 19.7 Å². The average Bonchev–Trinajstić information content (AvgIpc) is 2.92. The summed E-state index contributed by atoms with van der Waals surface area (Å²) in [5.41, 5.74) is 0.832. The van der Waals surface area contributed by atoms with Gasteiger partial charge < -0.3 is 14.4 Å². The fourth-order valence-electron chi connectivity index (χ4n) is 3.25. The predicted molar refractivity (Wildman–Crippen MR) is 88.2 cm³/mol. The van der Waals surface area contributed by atoms with Crippen molar-refractivity contribution >= 4 is 6.09 Å². The van der Waals surface area contributed by atoms with Crippen LogP contribution in [0.5, 0.6) is 0 Å². The van der Waals surface area contributed by atoms with Gasteiger partial charge >= 0.3 is 6.09 Å². The minimum atomic E-state index is -0.463. The number of fused-ring (bicyclic) bond motifs is 1. The highest BCUT2D eigenvalue weighted by Gasteiger charge is 2.42. The van der Waals surface area contributed by atoms with Crippen molar-refractivity contribution in [3.05, 3.63) is 35.9 Å². The van der Waals surface area contributed by atoms with Crippen LogP contribution < -0.4 is 0 Å². The van der Waals surface area contributed by atoms with Crippen molar-refractivity contribution in [2.45, 2.75) is 45.1 Å². The molecule has 0 radical (unpaired) electrons. The highest BCUT2D eigenvalue weighted by molar-refractivity contribution is 5.68. The number of rotatable bonds is 2. The van der Waals surface area contributed by atoms with Crippen LogP contribution in [0.15, 0.2) is 30.3 Å². The van der Waals surface area contributed by atoms with Gasteiger partial charge in [0.1, 0.15) is 5.60 Å². The quantitative estimate of drug-likeness (QED) is 0.840. The summed E-state index contributed by atoms with van der Waals surface area (Å²) in [7, 11) is 0. The zero-order valence-corrected chi connectivity index (χ0v) is 14.2. The number of carbonyl (C=O) groups excluding carboxylic acids is 1. The first-order chi connectivity index (χ1) is 10.9. The van der Waals surface area contributed by atoms with Gasteiger partial charge in [-0.3, -0.25) is 4.90 Å². The van der Waals surface area contributed by atoms with Crippen molar-refractivity contribution in [1.29, 1.82) is 0 Å². The number of benzene rings is 1. The van der Waals surface area contributed by atoms with Crippen LogP contribution in [0, 0.1) is 0 Å². The van der Waals surface area contributed by atoms with Crippen LogP contribution in [0.25, 0.3) is 0 Å². The lowest BCUT2D eigenvalue weighted by molar-refractivity contribution is -0.0505. The Balaban J connectivity index is 1.64. The zero-order chi connectivity index (χ0) is 16.4. The molecule has 23 heavy (non-hydrogen) atoms. The van der Waals surface area contributed by atoms with Crippen LogP contribution in [0.4, 0.5) is 4.79 Å². The number of ether oxygens (including phenoxy) is 2. The molecule has 5 nitrogen and oxygen atoms in total. The molecule has 2 saturated heterocycles. The van der Waals surface area contributed by atoms with Crippen LogP contribution in [0.1, 0.15) is 26.3 Å². The van der Waals surface area contributed by atoms with Gasteiger partial charge in [0.25, 0.3) is 0 Å². The molecular weight excluding hydrogens is 292 g/mol. The lowest BCUT2D eigenvalue weighted by Gasteiger charge is -2.36. The Morgan fingerprint density at radius 1 is 1.26 bits per heavy atom. The molecule has 5 heteroatoms. The molecule has 0 bridgehead atoms. The highest BCUT2D eigenvalue weighted by Crippen LogP contribution is 2.25. The van der Waals surface area contributed by atoms with Gasteiger partial charge in [0, 0.05) is 19.6 Å². The molecule has 2 atom stereocenters. The number of hydrogen-bond acceptors (Lipinski definition) is 4. The van der Waals surface area contributed by atoms with E-state index in [4.69, 9.17) is 9.47 Å².